The summed E-state index contributed by atoms with van der Waals surface area (Å²) in [7, 11) is 0. The number of nitrogens with zero attached hydrogens (tertiary/aromatic N) is 2. The molecule has 0 spiro atoms. The third kappa shape index (κ3) is 3.57. The zero-order valence-electron chi connectivity index (χ0n) is 14.4. The molecule has 0 bridgehead atoms. The van der Waals surface area contributed by atoms with Crippen LogP contribution in [-0.2, 0) is 4.79 Å². The summed E-state index contributed by atoms with van der Waals surface area (Å²) in [5, 5.41) is 0. The molecule has 2 saturated heterocycles. The molecular weight excluding hydrogens is 364 g/mol. The highest BCUT2D eigenvalue weighted by atomic mass is 32.2. The first-order chi connectivity index (χ1) is 12.7. The number of hydrogen-bond acceptors (Lipinski definition) is 5. The number of amides is 1. The van der Waals surface area contributed by atoms with Crippen molar-refractivity contribution in [3.8, 4) is 0 Å². The molecule has 3 heterocycles. The van der Waals surface area contributed by atoms with Gasteiger partial charge in [-0.2, -0.15) is 0 Å². The van der Waals surface area contributed by atoms with Crippen LogP contribution in [0.3, 0.4) is 0 Å². The van der Waals surface area contributed by atoms with Gasteiger partial charge in [0.05, 0.1) is 10.6 Å². The van der Waals surface area contributed by atoms with E-state index in [9.17, 15) is 4.79 Å². The van der Waals surface area contributed by atoms with Gasteiger partial charge in [0.25, 0.3) is 5.91 Å². The number of anilines is 2. The first kappa shape index (κ1) is 17.4. The van der Waals surface area contributed by atoms with Crippen LogP contribution in [0.5, 0.6) is 0 Å². The van der Waals surface area contributed by atoms with E-state index in [1.54, 1.807) is 11.0 Å². The lowest BCUT2D eigenvalue weighted by Crippen LogP contribution is -2.27. The quantitative estimate of drug-likeness (QED) is 0.546. The molecule has 0 radical (unpaired) electrons. The van der Waals surface area contributed by atoms with E-state index in [-0.39, 0.29) is 5.91 Å². The SMILES string of the molecule is O=C1/C(=C\c2ccc(N3CCCCCC3)o2)SC(=S)N1c1ccccc1. The second-order valence-electron chi connectivity index (χ2n) is 6.43. The van der Waals surface area contributed by atoms with E-state index < -0.39 is 0 Å². The van der Waals surface area contributed by atoms with Crippen LogP contribution in [0.2, 0.25) is 0 Å². The molecule has 0 atom stereocenters. The molecule has 2 aromatic rings. The normalized spacial score (nSPS) is 20.1. The molecule has 1 aromatic carbocycles. The maximum Gasteiger partial charge on any atom is 0.270 e. The highest BCUT2D eigenvalue weighted by Gasteiger charge is 2.33. The zero-order chi connectivity index (χ0) is 17.9. The van der Waals surface area contributed by atoms with Gasteiger partial charge in [-0.1, -0.05) is 55.0 Å². The van der Waals surface area contributed by atoms with Gasteiger partial charge in [0.1, 0.15) is 5.76 Å². The van der Waals surface area contributed by atoms with Crippen molar-refractivity contribution in [1.82, 2.24) is 0 Å². The maximum absolute atomic E-state index is 12.8. The maximum atomic E-state index is 12.8. The molecule has 0 aliphatic carbocycles. The standard InChI is InChI=1S/C20H20N2O2S2/c23-19-17(26-20(25)22(19)15-8-4-3-5-9-15)14-16-10-11-18(24-16)21-12-6-1-2-7-13-21/h3-5,8-11,14H,1-2,6-7,12-13H2/b17-14+. The van der Waals surface area contributed by atoms with Gasteiger partial charge in [-0.25, -0.2) is 0 Å². The monoisotopic (exact) mass is 384 g/mol. The highest BCUT2D eigenvalue weighted by molar-refractivity contribution is 8.27. The summed E-state index contributed by atoms with van der Waals surface area (Å²) in [6, 6.07) is 13.4. The molecule has 0 N–H and O–H groups in total. The van der Waals surface area contributed by atoms with Crippen LogP contribution in [0.25, 0.3) is 6.08 Å². The fourth-order valence-corrected chi connectivity index (χ4v) is 4.56. The summed E-state index contributed by atoms with van der Waals surface area (Å²) in [6.07, 6.45) is 6.76. The number of thioether (sulfide) groups is 1. The number of furan rings is 1. The second-order valence-corrected chi connectivity index (χ2v) is 8.11. The van der Waals surface area contributed by atoms with E-state index in [2.05, 4.69) is 4.90 Å². The molecule has 4 rings (SSSR count). The number of hydrogen-bond donors (Lipinski definition) is 0. The Morgan fingerprint density at radius 1 is 1.00 bits per heavy atom. The lowest BCUT2D eigenvalue weighted by molar-refractivity contribution is -0.113. The number of rotatable bonds is 3. The van der Waals surface area contributed by atoms with Crippen molar-refractivity contribution in [3.63, 3.8) is 0 Å². The van der Waals surface area contributed by atoms with Crippen LogP contribution in [0.1, 0.15) is 31.4 Å². The van der Waals surface area contributed by atoms with Crippen LogP contribution in [0.4, 0.5) is 11.6 Å². The van der Waals surface area contributed by atoms with Crippen molar-refractivity contribution >= 4 is 51.9 Å². The third-order valence-electron chi connectivity index (χ3n) is 4.61. The van der Waals surface area contributed by atoms with Crippen molar-refractivity contribution in [2.24, 2.45) is 0 Å². The molecule has 2 aliphatic heterocycles. The summed E-state index contributed by atoms with van der Waals surface area (Å²) in [5.74, 6) is 1.48. The van der Waals surface area contributed by atoms with Gasteiger partial charge < -0.3 is 9.32 Å². The second kappa shape index (κ2) is 7.68. The number of thiocarbonyl (C=S) groups is 1. The van der Waals surface area contributed by atoms with E-state index in [1.807, 2.05) is 42.5 Å². The number of benzene rings is 1. The zero-order valence-corrected chi connectivity index (χ0v) is 16.0. The fraction of sp³-hybridized carbons (Fsp3) is 0.300. The summed E-state index contributed by atoms with van der Waals surface area (Å²) < 4.78 is 6.54. The highest BCUT2D eigenvalue weighted by Crippen LogP contribution is 2.36. The molecule has 0 unspecified atom stereocenters. The van der Waals surface area contributed by atoms with Crippen molar-refractivity contribution in [2.75, 3.05) is 22.9 Å². The smallest absolute Gasteiger partial charge is 0.270 e. The van der Waals surface area contributed by atoms with E-state index in [1.165, 1.54) is 37.4 Å². The summed E-state index contributed by atoms with van der Waals surface area (Å²) in [6.45, 7) is 2.06. The lowest BCUT2D eigenvalue weighted by Gasteiger charge is -2.18. The number of carbonyl (C=O) groups excluding carboxylic acids is 1. The van der Waals surface area contributed by atoms with Gasteiger partial charge >= 0.3 is 0 Å². The van der Waals surface area contributed by atoms with Crippen molar-refractivity contribution in [2.45, 2.75) is 25.7 Å². The largest absolute Gasteiger partial charge is 0.441 e. The van der Waals surface area contributed by atoms with Crippen LogP contribution in [0.15, 0.2) is 51.8 Å². The van der Waals surface area contributed by atoms with Crippen LogP contribution < -0.4 is 9.80 Å². The van der Waals surface area contributed by atoms with Crippen LogP contribution in [-0.4, -0.2) is 23.3 Å². The average molecular weight is 385 g/mol. The van der Waals surface area contributed by atoms with Gasteiger partial charge in [0.2, 0.25) is 0 Å². The minimum atomic E-state index is -0.0982. The number of carbonyl (C=O) groups is 1. The summed E-state index contributed by atoms with van der Waals surface area (Å²) in [5.41, 5.74) is 0.795. The first-order valence-electron chi connectivity index (χ1n) is 8.90. The molecule has 26 heavy (non-hydrogen) atoms. The predicted molar refractivity (Wildman–Crippen MR) is 111 cm³/mol. The van der Waals surface area contributed by atoms with Crippen LogP contribution in [0, 0.1) is 0 Å². The van der Waals surface area contributed by atoms with Crippen molar-refractivity contribution in [1.29, 1.82) is 0 Å². The Balaban J connectivity index is 1.54. The molecule has 134 valence electrons. The molecule has 2 fully saturated rings. The Morgan fingerprint density at radius 3 is 2.46 bits per heavy atom. The molecule has 2 aliphatic rings. The van der Waals surface area contributed by atoms with Gasteiger partial charge in [-0.3, -0.25) is 9.69 Å². The molecular formula is C20H20N2O2S2. The minimum absolute atomic E-state index is 0.0982. The molecule has 6 heteroatoms. The average Bonchev–Trinajstić information content (AvgIpc) is 3.09. The summed E-state index contributed by atoms with van der Waals surface area (Å²) in [4.78, 5) is 17.2. The third-order valence-corrected chi connectivity index (χ3v) is 5.91. The molecule has 0 saturated carbocycles. The molecule has 4 nitrogen and oxygen atoms in total. The lowest BCUT2D eigenvalue weighted by atomic mass is 10.2. The topological polar surface area (TPSA) is 36.7 Å². The fourth-order valence-electron chi connectivity index (χ4n) is 3.28. The van der Waals surface area contributed by atoms with Gasteiger partial charge in [-0.15, -0.1) is 0 Å². The Bertz CT molecular complexity index is 837. The Morgan fingerprint density at radius 2 is 1.73 bits per heavy atom. The van der Waals surface area contributed by atoms with E-state index in [0.717, 1.165) is 24.7 Å². The first-order valence-corrected chi connectivity index (χ1v) is 10.1. The van der Waals surface area contributed by atoms with Gasteiger partial charge in [0.15, 0.2) is 10.2 Å². The summed E-state index contributed by atoms with van der Waals surface area (Å²) >= 11 is 6.72. The van der Waals surface area contributed by atoms with Crippen molar-refractivity contribution < 1.29 is 9.21 Å². The molecule has 1 aromatic heterocycles. The van der Waals surface area contributed by atoms with Gasteiger partial charge in [0, 0.05) is 25.2 Å². The predicted octanol–water partition coefficient (Wildman–Crippen LogP) is 5.07. The van der Waals surface area contributed by atoms with E-state index in [4.69, 9.17) is 16.6 Å². The van der Waals surface area contributed by atoms with E-state index in [0.29, 0.717) is 15.0 Å². The Hall–Kier alpha value is -2.05. The van der Waals surface area contributed by atoms with E-state index >= 15 is 0 Å². The minimum Gasteiger partial charge on any atom is -0.441 e. The van der Waals surface area contributed by atoms with Crippen LogP contribution >= 0.6 is 24.0 Å². The number of para-hydroxylation sites is 1. The molecule has 1 amide bonds. The van der Waals surface area contributed by atoms with Gasteiger partial charge in [-0.05, 0) is 31.0 Å². The Labute approximate surface area is 162 Å². The van der Waals surface area contributed by atoms with Crippen molar-refractivity contribution in [3.05, 3.63) is 53.1 Å². The Kier molecular flexibility index (Phi) is 5.13.